The summed E-state index contributed by atoms with van der Waals surface area (Å²) in [6.07, 6.45) is 8.93. The summed E-state index contributed by atoms with van der Waals surface area (Å²) >= 11 is 1.51. The Morgan fingerprint density at radius 1 is 1.24 bits per heavy atom. The van der Waals surface area contributed by atoms with Crippen molar-refractivity contribution in [3.63, 3.8) is 0 Å². The molecule has 0 fully saturated rings. The molecule has 0 saturated heterocycles. The van der Waals surface area contributed by atoms with Crippen molar-refractivity contribution in [3.8, 4) is 12.3 Å². The van der Waals surface area contributed by atoms with Gasteiger partial charge in [0.05, 0.1) is 16.8 Å². The highest BCUT2D eigenvalue weighted by Crippen LogP contribution is 2.20. The molecule has 0 aliphatic carbocycles. The number of hydrogen-bond donors (Lipinski definition) is 0. The predicted molar refractivity (Wildman–Crippen MR) is 104 cm³/mol. The van der Waals surface area contributed by atoms with E-state index in [4.69, 9.17) is 6.42 Å². The van der Waals surface area contributed by atoms with Gasteiger partial charge in [-0.05, 0) is 42.7 Å². The molecule has 3 aromatic rings. The standard InChI is InChI=1S/C21H20N2OS/c1-3-5-9-16-12-13-18-19(15-16)25-21(23(18)14-4-2)22-20(24)17-10-7-6-8-11-17/h2,6-8,10-13,15H,3,5,9,14H2,1H3. The molecule has 2 aromatic carbocycles. The highest BCUT2D eigenvalue weighted by Gasteiger charge is 2.09. The first-order valence-corrected chi connectivity index (χ1v) is 9.24. The van der Waals surface area contributed by atoms with Gasteiger partial charge in [0.25, 0.3) is 5.91 Å². The van der Waals surface area contributed by atoms with Gasteiger partial charge in [-0.3, -0.25) is 4.79 Å². The molecule has 4 heteroatoms. The first-order chi connectivity index (χ1) is 12.2. The minimum absolute atomic E-state index is 0.246. The second-order valence-corrected chi connectivity index (χ2v) is 6.87. The molecule has 126 valence electrons. The van der Waals surface area contributed by atoms with Gasteiger partial charge < -0.3 is 4.57 Å². The Labute approximate surface area is 151 Å². The van der Waals surface area contributed by atoms with Gasteiger partial charge in [0.2, 0.25) is 0 Å². The Hall–Kier alpha value is -2.64. The van der Waals surface area contributed by atoms with Crippen LogP contribution in [0.25, 0.3) is 10.2 Å². The molecule has 25 heavy (non-hydrogen) atoms. The Balaban J connectivity index is 2.07. The molecular weight excluding hydrogens is 328 g/mol. The topological polar surface area (TPSA) is 34.4 Å². The van der Waals surface area contributed by atoms with Crippen molar-refractivity contribution >= 4 is 27.5 Å². The quantitative estimate of drug-likeness (QED) is 0.629. The fourth-order valence-corrected chi connectivity index (χ4v) is 3.81. The molecular formula is C21H20N2OS. The minimum Gasteiger partial charge on any atom is -0.305 e. The number of rotatable bonds is 5. The molecule has 3 rings (SSSR count). The minimum atomic E-state index is -0.246. The lowest BCUT2D eigenvalue weighted by molar-refractivity contribution is 0.0998. The van der Waals surface area contributed by atoms with E-state index in [0.29, 0.717) is 16.9 Å². The number of terminal acetylenes is 1. The van der Waals surface area contributed by atoms with E-state index in [1.165, 1.54) is 29.7 Å². The second-order valence-electron chi connectivity index (χ2n) is 5.86. The number of unbranched alkanes of at least 4 members (excludes halogenated alkanes) is 1. The summed E-state index contributed by atoms with van der Waals surface area (Å²) < 4.78 is 3.05. The monoisotopic (exact) mass is 348 g/mol. The lowest BCUT2D eigenvalue weighted by Crippen LogP contribution is -2.16. The van der Waals surface area contributed by atoms with Gasteiger partial charge in [0, 0.05) is 5.56 Å². The lowest BCUT2D eigenvalue weighted by atomic mass is 10.1. The summed E-state index contributed by atoms with van der Waals surface area (Å²) in [4.78, 5) is 17.4. The van der Waals surface area contributed by atoms with Crippen molar-refractivity contribution in [1.82, 2.24) is 4.57 Å². The molecule has 0 spiro atoms. The van der Waals surface area contributed by atoms with E-state index in [0.717, 1.165) is 16.6 Å². The maximum atomic E-state index is 12.4. The van der Waals surface area contributed by atoms with Crippen molar-refractivity contribution in [2.45, 2.75) is 32.7 Å². The number of aryl methyl sites for hydroxylation is 1. The third-order valence-electron chi connectivity index (χ3n) is 4.03. The Kier molecular flexibility index (Phi) is 5.47. The summed E-state index contributed by atoms with van der Waals surface area (Å²) in [6, 6.07) is 15.5. The van der Waals surface area contributed by atoms with Gasteiger partial charge in [-0.1, -0.05) is 54.9 Å². The second kappa shape index (κ2) is 7.96. The molecule has 0 bridgehead atoms. The van der Waals surface area contributed by atoms with Crippen LogP contribution in [0.15, 0.2) is 53.5 Å². The molecule has 0 aliphatic rings. The van der Waals surface area contributed by atoms with Gasteiger partial charge in [-0.2, -0.15) is 4.99 Å². The predicted octanol–water partition coefficient (Wildman–Crippen LogP) is 4.42. The third kappa shape index (κ3) is 3.89. The number of nitrogens with zero attached hydrogens (tertiary/aromatic N) is 2. The molecule has 0 saturated carbocycles. The molecule has 0 aliphatic heterocycles. The summed E-state index contributed by atoms with van der Waals surface area (Å²) in [5, 5.41) is 0. The van der Waals surface area contributed by atoms with Crippen molar-refractivity contribution < 1.29 is 4.79 Å². The molecule has 1 aromatic heterocycles. The number of fused-ring (bicyclic) bond motifs is 1. The fraction of sp³-hybridized carbons (Fsp3) is 0.238. The third-order valence-corrected chi connectivity index (χ3v) is 5.07. The van der Waals surface area contributed by atoms with E-state index in [9.17, 15) is 4.79 Å². The van der Waals surface area contributed by atoms with Crippen LogP contribution in [-0.4, -0.2) is 10.5 Å². The number of carbonyl (C=O) groups excluding carboxylic acids is 1. The zero-order valence-electron chi connectivity index (χ0n) is 14.2. The van der Waals surface area contributed by atoms with Gasteiger partial charge >= 0.3 is 0 Å². The first-order valence-electron chi connectivity index (χ1n) is 8.42. The van der Waals surface area contributed by atoms with Crippen LogP contribution in [-0.2, 0) is 13.0 Å². The first kappa shape index (κ1) is 17.2. The molecule has 1 heterocycles. The fourth-order valence-electron chi connectivity index (χ4n) is 2.72. The molecule has 1 amide bonds. The average Bonchev–Trinajstić information content (AvgIpc) is 2.97. The maximum Gasteiger partial charge on any atom is 0.279 e. The van der Waals surface area contributed by atoms with Crippen LogP contribution >= 0.6 is 11.3 Å². The molecule has 0 atom stereocenters. The lowest BCUT2D eigenvalue weighted by Gasteiger charge is -2.02. The SMILES string of the molecule is C#CCn1c(=NC(=O)c2ccccc2)sc2cc(CCCC)ccc21. The van der Waals surface area contributed by atoms with E-state index in [2.05, 4.69) is 36.0 Å². The van der Waals surface area contributed by atoms with Gasteiger partial charge in [0.15, 0.2) is 4.80 Å². The number of benzene rings is 2. The number of amides is 1. The van der Waals surface area contributed by atoms with E-state index >= 15 is 0 Å². The van der Waals surface area contributed by atoms with Gasteiger partial charge in [0.1, 0.15) is 0 Å². The molecule has 0 N–H and O–H groups in total. The highest BCUT2D eigenvalue weighted by molar-refractivity contribution is 7.16. The zero-order valence-corrected chi connectivity index (χ0v) is 15.1. The maximum absolute atomic E-state index is 12.4. The average molecular weight is 348 g/mol. The number of hydrogen-bond acceptors (Lipinski definition) is 2. The van der Waals surface area contributed by atoms with Gasteiger partial charge in [-0.25, -0.2) is 0 Å². The summed E-state index contributed by atoms with van der Waals surface area (Å²) in [7, 11) is 0. The van der Waals surface area contributed by atoms with Crippen LogP contribution < -0.4 is 4.80 Å². The van der Waals surface area contributed by atoms with Crippen molar-refractivity contribution in [1.29, 1.82) is 0 Å². The zero-order chi connectivity index (χ0) is 17.6. The van der Waals surface area contributed by atoms with Crippen molar-refractivity contribution in [2.75, 3.05) is 0 Å². The summed E-state index contributed by atoms with van der Waals surface area (Å²) in [5.74, 6) is 2.42. The normalized spacial score (nSPS) is 11.6. The van der Waals surface area contributed by atoms with E-state index in [1.807, 2.05) is 22.8 Å². The molecule has 0 unspecified atom stereocenters. The largest absolute Gasteiger partial charge is 0.305 e. The Morgan fingerprint density at radius 3 is 2.76 bits per heavy atom. The van der Waals surface area contributed by atoms with Crippen LogP contribution in [0.3, 0.4) is 0 Å². The smallest absolute Gasteiger partial charge is 0.279 e. The van der Waals surface area contributed by atoms with Crippen LogP contribution in [0.5, 0.6) is 0 Å². The van der Waals surface area contributed by atoms with E-state index < -0.39 is 0 Å². The number of thiazole rings is 1. The highest BCUT2D eigenvalue weighted by atomic mass is 32.1. The number of carbonyl (C=O) groups is 1. The van der Waals surface area contributed by atoms with Crippen molar-refractivity contribution in [3.05, 3.63) is 64.5 Å². The Morgan fingerprint density at radius 2 is 2.04 bits per heavy atom. The van der Waals surface area contributed by atoms with E-state index in [1.54, 1.807) is 12.1 Å². The van der Waals surface area contributed by atoms with Crippen LogP contribution in [0, 0.1) is 12.3 Å². The van der Waals surface area contributed by atoms with Crippen LogP contribution in [0.2, 0.25) is 0 Å². The Bertz CT molecular complexity index is 990. The van der Waals surface area contributed by atoms with Gasteiger partial charge in [-0.15, -0.1) is 6.42 Å². The summed E-state index contributed by atoms with van der Waals surface area (Å²) in [5.41, 5.74) is 2.92. The van der Waals surface area contributed by atoms with Crippen LogP contribution in [0.1, 0.15) is 35.7 Å². The molecule has 0 radical (unpaired) electrons. The number of aromatic nitrogens is 1. The van der Waals surface area contributed by atoms with E-state index in [-0.39, 0.29) is 5.91 Å². The molecule has 3 nitrogen and oxygen atoms in total. The summed E-state index contributed by atoms with van der Waals surface area (Å²) in [6.45, 7) is 2.59. The van der Waals surface area contributed by atoms with Crippen LogP contribution in [0.4, 0.5) is 0 Å². The van der Waals surface area contributed by atoms with Crippen molar-refractivity contribution in [2.24, 2.45) is 4.99 Å².